The minimum Gasteiger partial charge on any atom is -0.375 e. The van der Waals surface area contributed by atoms with Gasteiger partial charge >= 0.3 is 0 Å². The van der Waals surface area contributed by atoms with Gasteiger partial charge in [-0.25, -0.2) is 0 Å². The molecule has 1 aliphatic heterocycles. The molecular weight excluding hydrogens is 394 g/mol. The lowest BCUT2D eigenvalue weighted by Crippen LogP contribution is -2.48. The van der Waals surface area contributed by atoms with Gasteiger partial charge in [0.2, 0.25) is 5.82 Å². The monoisotopic (exact) mass is 417 g/mol. The largest absolute Gasteiger partial charge is 0.375 e. The minimum atomic E-state index is -0.349. The number of ether oxygens (including phenoxy) is 2. The van der Waals surface area contributed by atoms with E-state index in [-0.39, 0.29) is 5.60 Å². The SMILES string of the molecule is COC1(c2ccc(-c3noc(-c4cc(C)n(Cc5ccc(C)nc5)n4)n3)cc2)COC1. The number of hydrogen-bond acceptors (Lipinski definition) is 7. The van der Waals surface area contributed by atoms with Crippen LogP contribution in [-0.2, 0) is 21.6 Å². The van der Waals surface area contributed by atoms with Gasteiger partial charge in [-0.15, -0.1) is 0 Å². The highest BCUT2D eigenvalue weighted by Crippen LogP contribution is 2.34. The van der Waals surface area contributed by atoms with Crippen LogP contribution in [0.15, 0.2) is 53.2 Å². The molecule has 0 bridgehead atoms. The lowest BCUT2D eigenvalue weighted by atomic mass is 9.91. The second kappa shape index (κ2) is 7.72. The highest BCUT2D eigenvalue weighted by atomic mass is 16.6. The quantitative estimate of drug-likeness (QED) is 0.474. The molecule has 8 nitrogen and oxygen atoms in total. The summed E-state index contributed by atoms with van der Waals surface area (Å²) in [6.45, 7) is 5.74. The number of benzene rings is 1. The average molecular weight is 417 g/mol. The van der Waals surface area contributed by atoms with E-state index < -0.39 is 0 Å². The smallest absolute Gasteiger partial charge is 0.278 e. The molecule has 1 saturated heterocycles. The molecule has 0 atom stereocenters. The van der Waals surface area contributed by atoms with Gasteiger partial charge in [-0.3, -0.25) is 9.67 Å². The Balaban J connectivity index is 1.35. The maximum Gasteiger partial charge on any atom is 0.278 e. The first-order valence-electron chi connectivity index (χ1n) is 10.1. The van der Waals surface area contributed by atoms with Crippen molar-refractivity contribution in [2.24, 2.45) is 0 Å². The van der Waals surface area contributed by atoms with E-state index in [0.717, 1.165) is 28.1 Å². The van der Waals surface area contributed by atoms with Gasteiger partial charge in [0.15, 0.2) is 5.69 Å². The van der Waals surface area contributed by atoms with Gasteiger partial charge in [0.1, 0.15) is 5.60 Å². The molecule has 0 radical (unpaired) electrons. The van der Waals surface area contributed by atoms with Crippen molar-refractivity contribution in [2.45, 2.75) is 26.0 Å². The molecule has 1 fully saturated rings. The summed E-state index contributed by atoms with van der Waals surface area (Å²) in [4.78, 5) is 8.89. The maximum atomic E-state index is 5.64. The lowest BCUT2D eigenvalue weighted by Gasteiger charge is -2.40. The van der Waals surface area contributed by atoms with E-state index in [1.165, 1.54) is 0 Å². The van der Waals surface area contributed by atoms with Crippen LogP contribution in [0.25, 0.3) is 23.0 Å². The minimum absolute atomic E-state index is 0.349. The van der Waals surface area contributed by atoms with Gasteiger partial charge in [0.25, 0.3) is 5.89 Å². The van der Waals surface area contributed by atoms with Crippen LogP contribution in [-0.4, -0.2) is 45.2 Å². The van der Waals surface area contributed by atoms with Gasteiger partial charge < -0.3 is 14.0 Å². The fraction of sp³-hybridized carbons (Fsp3) is 0.304. The van der Waals surface area contributed by atoms with Gasteiger partial charge in [0.05, 0.1) is 19.8 Å². The van der Waals surface area contributed by atoms with Crippen LogP contribution in [0.4, 0.5) is 0 Å². The highest BCUT2D eigenvalue weighted by Gasteiger charge is 2.40. The molecule has 0 aliphatic carbocycles. The van der Waals surface area contributed by atoms with Crippen molar-refractivity contribution in [3.8, 4) is 23.0 Å². The fourth-order valence-corrected chi connectivity index (χ4v) is 3.60. The van der Waals surface area contributed by atoms with Crippen molar-refractivity contribution in [1.29, 1.82) is 0 Å². The predicted octanol–water partition coefficient (Wildman–Crippen LogP) is 3.53. The van der Waals surface area contributed by atoms with E-state index in [1.807, 2.05) is 61.1 Å². The summed E-state index contributed by atoms with van der Waals surface area (Å²) < 4.78 is 18.4. The van der Waals surface area contributed by atoms with Crippen LogP contribution >= 0.6 is 0 Å². The molecule has 0 spiro atoms. The molecule has 8 heteroatoms. The van der Waals surface area contributed by atoms with Crippen molar-refractivity contribution >= 4 is 0 Å². The van der Waals surface area contributed by atoms with E-state index in [1.54, 1.807) is 7.11 Å². The van der Waals surface area contributed by atoms with Crippen LogP contribution in [0.1, 0.15) is 22.5 Å². The summed E-state index contributed by atoms with van der Waals surface area (Å²) in [5.74, 6) is 0.913. The van der Waals surface area contributed by atoms with Gasteiger partial charge in [-0.05, 0) is 37.1 Å². The Labute approximate surface area is 179 Å². The summed E-state index contributed by atoms with van der Waals surface area (Å²) in [6.07, 6.45) is 1.87. The van der Waals surface area contributed by atoms with Crippen LogP contribution in [0.3, 0.4) is 0 Å². The number of pyridine rings is 1. The zero-order valence-corrected chi connectivity index (χ0v) is 17.7. The Bertz CT molecular complexity index is 1190. The molecule has 3 aromatic heterocycles. The molecule has 31 heavy (non-hydrogen) atoms. The standard InChI is InChI=1S/C23H23N5O3/c1-15-4-5-17(11-24-15)12-28-16(2)10-20(26-28)22-25-21(27-31-22)18-6-8-19(9-7-18)23(29-3)13-30-14-23/h4-11H,12-14H2,1-3H3. The first-order valence-corrected chi connectivity index (χ1v) is 10.1. The normalized spacial score (nSPS) is 15.1. The van der Waals surface area contributed by atoms with Crippen molar-refractivity contribution < 1.29 is 14.0 Å². The molecule has 1 aliphatic rings. The second-order valence-electron chi connectivity index (χ2n) is 7.83. The third kappa shape index (κ3) is 3.64. The molecule has 0 N–H and O–H groups in total. The Morgan fingerprint density at radius 2 is 1.90 bits per heavy atom. The molecule has 4 heterocycles. The number of rotatable bonds is 6. The number of methoxy groups -OCH3 is 1. The number of aromatic nitrogens is 5. The average Bonchev–Trinajstić information content (AvgIpc) is 3.37. The predicted molar refractivity (Wildman–Crippen MR) is 113 cm³/mol. The molecule has 0 saturated carbocycles. The zero-order chi connectivity index (χ0) is 21.4. The summed E-state index contributed by atoms with van der Waals surface area (Å²) in [6, 6.07) is 14.0. The van der Waals surface area contributed by atoms with E-state index >= 15 is 0 Å². The Morgan fingerprint density at radius 3 is 2.55 bits per heavy atom. The summed E-state index contributed by atoms with van der Waals surface area (Å²) in [7, 11) is 1.71. The summed E-state index contributed by atoms with van der Waals surface area (Å²) >= 11 is 0. The van der Waals surface area contributed by atoms with E-state index in [2.05, 4.69) is 26.3 Å². The number of aryl methyl sites for hydroxylation is 2. The number of hydrogen-bond donors (Lipinski definition) is 0. The molecule has 0 amide bonds. The van der Waals surface area contributed by atoms with Crippen molar-refractivity contribution in [3.05, 3.63) is 71.2 Å². The topological polar surface area (TPSA) is 88.1 Å². The second-order valence-corrected chi connectivity index (χ2v) is 7.83. The molecule has 0 unspecified atom stereocenters. The van der Waals surface area contributed by atoms with Gasteiger partial charge in [0, 0.05) is 30.3 Å². The van der Waals surface area contributed by atoms with Crippen LogP contribution in [0.2, 0.25) is 0 Å². The Hall–Kier alpha value is -3.36. The third-order valence-electron chi connectivity index (χ3n) is 5.66. The Kier molecular flexibility index (Phi) is 4.88. The van der Waals surface area contributed by atoms with Gasteiger partial charge in [-0.2, -0.15) is 10.1 Å². The number of nitrogens with zero attached hydrogens (tertiary/aromatic N) is 5. The highest BCUT2D eigenvalue weighted by molar-refractivity contribution is 5.58. The fourth-order valence-electron chi connectivity index (χ4n) is 3.60. The summed E-state index contributed by atoms with van der Waals surface area (Å²) in [5.41, 5.74) is 5.33. The van der Waals surface area contributed by atoms with E-state index in [0.29, 0.717) is 37.2 Å². The molecule has 4 aromatic rings. The van der Waals surface area contributed by atoms with Crippen LogP contribution in [0.5, 0.6) is 0 Å². The zero-order valence-electron chi connectivity index (χ0n) is 17.7. The molecule has 1 aromatic carbocycles. The Morgan fingerprint density at radius 1 is 1.10 bits per heavy atom. The van der Waals surface area contributed by atoms with Crippen molar-refractivity contribution in [2.75, 3.05) is 20.3 Å². The van der Waals surface area contributed by atoms with E-state index in [4.69, 9.17) is 14.0 Å². The van der Waals surface area contributed by atoms with Crippen molar-refractivity contribution in [1.82, 2.24) is 24.9 Å². The van der Waals surface area contributed by atoms with Crippen LogP contribution in [0, 0.1) is 13.8 Å². The molecule has 5 rings (SSSR count). The van der Waals surface area contributed by atoms with E-state index in [9.17, 15) is 0 Å². The third-order valence-corrected chi connectivity index (χ3v) is 5.66. The molecule has 158 valence electrons. The van der Waals surface area contributed by atoms with Crippen LogP contribution < -0.4 is 0 Å². The maximum absolute atomic E-state index is 5.64. The van der Waals surface area contributed by atoms with Gasteiger partial charge in [-0.1, -0.05) is 35.5 Å². The molecular formula is C23H23N5O3. The first kappa shape index (κ1) is 19.6. The summed E-state index contributed by atoms with van der Waals surface area (Å²) in [5, 5.41) is 8.78. The van der Waals surface area contributed by atoms with Crippen molar-refractivity contribution in [3.63, 3.8) is 0 Å². The first-order chi connectivity index (χ1) is 15.1. The lowest BCUT2D eigenvalue weighted by molar-refractivity contribution is -0.202.